The summed E-state index contributed by atoms with van der Waals surface area (Å²) in [5, 5.41) is 0.972. The number of rotatable bonds is 4. The summed E-state index contributed by atoms with van der Waals surface area (Å²) in [5.74, 6) is 1.73. The lowest BCUT2D eigenvalue weighted by molar-refractivity contribution is 0.518. The number of thioether (sulfide) groups is 1. The summed E-state index contributed by atoms with van der Waals surface area (Å²) < 4.78 is 6.36. The Morgan fingerprint density at radius 3 is 2.24 bits per heavy atom. The van der Waals surface area contributed by atoms with E-state index in [1.165, 1.54) is 16.7 Å². The van der Waals surface area contributed by atoms with Gasteiger partial charge in [0.15, 0.2) is 0 Å². The highest BCUT2D eigenvalue weighted by Gasteiger charge is 2.33. The van der Waals surface area contributed by atoms with Crippen LogP contribution < -0.4 is 4.74 Å². The van der Waals surface area contributed by atoms with E-state index in [0.717, 1.165) is 17.1 Å². The Morgan fingerprint density at radius 1 is 0.840 bits per heavy atom. The van der Waals surface area contributed by atoms with Gasteiger partial charge in [-0.2, -0.15) is 11.8 Å². The van der Waals surface area contributed by atoms with Gasteiger partial charge in [-0.25, -0.2) is 0 Å². The third kappa shape index (κ3) is 3.08. The van der Waals surface area contributed by atoms with Crippen molar-refractivity contribution in [3.05, 3.63) is 101 Å². The Labute approximate surface area is 157 Å². The molecule has 1 aliphatic carbocycles. The van der Waals surface area contributed by atoms with Gasteiger partial charge in [0.1, 0.15) is 11.5 Å². The standard InChI is InChI=1S/C22H17ClOS/c1-25-22-19-10-6-5-9-18(19)21(20(22)15-7-3-2-4-8-15)24-17-13-11-16(23)12-14-17/h2-14,22H,1H3. The lowest BCUT2D eigenvalue weighted by Crippen LogP contribution is -1.96. The van der Waals surface area contributed by atoms with Crippen LogP contribution in [0.3, 0.4) is 0 Å². The van der Waals surface area contributed by atoms with E-state index in [-0.39, 0.29) is 5.25 Å². The van der Waals surface area contributed by atoms with Gasteiger partial charge in [-0.05, 0) is 41.6 Å². The van der Waals surface area contributed by atoms with Crippen molar-refractivity contribution in [3.63, 3.8) is 0 Å². The van der Waals surface area contributed by atoms with E-state index in [2.05, 4.69) is 54.8 Å². The summed E-state index contributed by atoms with van der Waals surface area (Å²) in [5.41, 5.74) is 4.89. The number of halogens is 1. The number of benzene rings is 3. The molecule has 1 unspecified atom stereocenters. The van der Waals surface area contributed by atoms with Crippen molar-refractivity contribution in [2.24, 2.45) is 0 Å². The minimum Gasteiger partial charge on any atom is -0.456 e. The number of fused-ring (bicyclic) bond motifs is 1. The average Bonchev–Trinajstić information content (AvgIpc) is 2.98. The van der Waals surface area contributed by atoms with Crippen molar-refractivity contribution in [1.82, 2.24) is 0 Å². The highest BCUT2D eigenvalue weighted by Crippen LogP contribution is 2.51. The SMILES string of the molecule is CSC1C(c2ccccc2)=C(Oc2ccc(Cl)cc2)c2ccccc21. The van der Waals surface area contributed by atoms with Crippen LogP contribution in [0.4, 0.5) is 0 Å². The number of ether oxygens (including phenoxy) is 1. The molecule has 1 nitrogen and oxygen atoms in total. The first kappa shape index (κ1) is 16.3. The van der Waals surface area contributed by atoms with Gasteiger partial charge in [0.25, 0.3) is 0 Å². The Kier molecular flexibility index (Phi) is 4.56. The molecule has 0 spiro atoms. The van der Waals surface area contributed by atoms with Gasteiger partial charge >= 0.3 is 0 Å². The van der Waals surface area contributed by atoms with E-state index in [4.69, 9.17) is 16.3 Å². The van der Waals surface area contributed by atoms with E-state index < -0.39 is 0 Å². The molecule has 0 amide bonds. The molecule has 124 valence electrons. The van der Waals surface area contributed by atoms with Gasteiger partial charge in [-0.3, -0.25) is 0 Å². The third-order valence-electron chi connectivity index (χ3n) is 4.35. The first-order chi connectivity index (χ1) is 12.3. The molecule has 3 aromatic rings. The maximum atomic E-state index is 6.36. The quantitative estimate of drug-likeness (QED) is 0.509. The third-order valence-corrected chi connectivity index (χ3v) is 5.56. The smallest absolute Gasteiger partial charge is 0.140 e. The van der Waals surface area contributed by atoms with Crippen LogP contribution in [-0.2, 0) is 0 Å². The number of hydrogen-bond acceptors (Lipinski definition) is 2. The lowest BCUT2D eigenvalue weighted by atomic mass is 10.0. The normalized spacial score (nSPS) is 16.0. The molecule has 0 heterocycles. The van der Waals surface area contributed by atoms with Crippen molar-refractivity contribution in [2.45, 2.75) is 5.25 Å². The summed E-state index contributed by atoms with van der Waals surface area (Å²) >= 11 is 7.84. The molecule has 1 atom stereocenters. The molecule has 0 N–H and O–H groups in total. The zero-order valence-corrected chi connectivity index (χ0v) is 15.3. The van der Waals surface area contributed by atoms with Gasteiger partial charge in [-0.1, -0.05) is 66.2 Å². The van der Waals surface area contributed by atoms with Crippen molar-refractivity contribution >= 4 is 34.7 Å². The summed E-state index contributed by atoms with van der Waals surface area (Å²) in [4.78, 5) is 0. The van der Waals surface area contributed by atoms with Gasteiger partial charge < -0.3 is 4.74 Å². The molecular weight excluding hydrogens is 348 g/mol. The molecule has 0 bridgehead atoms. The van der Waals surface area contributed by atoms with Crippen LogP contribution >= 0.6 is 23.4 Å². The summed E-state index contributed by atoms with van der Waals surface area (Å²) in [6.07, 6.45) is 2.15. The Bertz CT molecular complexity index is 916. The summed E-state index contributed by atoms with van der Waals surface area (Å²) in [6, 6.07) is 26.5. The highest BCUT2D eigenvalue weighted by atomic mass is 35.5. The topological polar surface area (TPSA) is 9.23 Å². The Hall–Kier alpha value is -2.16. The zero-order valence-electron chi connectivity index (χ0n) is 13.8. The van der Waals surface area contributed by atoms with E-state index in [1.807, 2.05) is 42.1 Å². The molecule has 0 aromatic heterocycles. The van der Waals surface area contributed by atoms with Crippen LogP contribution in [0.1, 0.15) is 21.9 Å². The van der Waals surface area contributed by atoms with Gasteiger partial charge in [0, 0.05) is 16.2 Å². The van der Waals surface area contributed by atoms with Gasteiger partial charge in [0.05, 0.1) is 5.25 Å². The minimum atomic E-state index is 0.265. The maximum Gasteiger partial charge on any atom is 0.140 e. The molecule has 0 radical (unpaired) electrons. The largest absolute Gasteiger partial charge is 0.456 e. The fourth-order valence-electron chi connectivity index (χ4n) is 3.23. The first-order valence-corrected chi connectivity index (χ1v) is 9.79. The van der Waals surface area contributed by atoms with Crippen LogP contribution in [0, 0.1) is 0 Å². The summed E-state index contributed by atoms with van der Waals surface area (Å²) in [6.45, 7) is 0. The molecule has 0 saturated heterocycles. The van der Waals surface area contributed by atoms with Crippen molar-refractivity contribution in [1.29, 1.82) is 0 Å². The van der Waals surface area contributed by atoms with Crippen LogP contribution in [0.5, 0.6) is 5.75 Å². The molecule has 3 heteroatoms. The predicted molar refractivity (Wildman–Crippen MR) is 108 cm³/mol. The fraction of sp³-hybridized carbons (Fsp3) is 0.0909. The Balaban J connectivity index is 1.87. The predicted octanol–water partition coefficient (Wildman–Crippen LogP) is 6.71. The van der Waals surface area contributed by atoms with E-state index in [9.17, 15) is 0 Å². The van der Waals surface area contributed by atoms with Crippen LogP contribution in [-0.4, -0.2) is 6.26 Å². The molecule has 25 heavy (non-hydrogen) atoms. The monoisotopic (exact) mass is 364 g/mol. The number of hydrogen-bond donors (Lipinski definition) is 0. The van der Waals surface area contributed by atoms with E-state index in [1.54, 1.807) is 0 Å². The van der Waals surface area contributed by atoms with Gasteiger partial charge in [-0.15, -0.1) is 0 Å². The molecular formula is C22H17ClOS. The van der Waals surface area contributed by atoms with E-state index >= 15 is 0 Å². The van der Waals surface area contributed by atoms with Crippen LogP contribution in [0.15, 0.2) is 78.9 Å². The maximum absolute atomic E-state index is 6.36. The molecule has 3 aromatic carbocycles. The molecule has 0 saturated carbocycles. The van der Waals surface area contributed by atoms with Crippen LogP contribution in [0.2, 0.25) is 5.02 Å². The molecule has 0 aliphatic heterocycles. The van der Waals surface area contributed by atoms with Gasteiger partial charge in [0.2, 0.25) is 0 Å². The summed E-state index contributed by atoms with van der Waals surface area (Å²) in [7, 11) is 0. The fourth-order valence-corrected chi connectivity index (χ4v) is 4.29. The first-order valence-electron chi connectivity index (χ1n) is 8.13. The van der Waals surface area contributed by atoms with Crippen molar-refractivity contribution in [3.8, 4) is 5.75 Å². The van der Waals surface area contributed by atoms with Crippen molar-refractivity contribution < 1.29 is 4.74 Å². The average molecular weight is 365 g/mol. The zero-order chi connectivity index (χ0) is 17.2. The minimum absolute atomic E-state index is 0.265. The second-order valence-corrected chi connectivity index (χ2v) is 7.25. The Morgan fingerprint density at radius 2 is 1.52 bits per heavy atom. The molecule has 1 aliphatic rings. The van der Waals surface area contributed by atoms with E-state index in [0.29, 0.717) is 5.02 Å². The van der Waals surface area contributed by atoms with Crippen molar-refractivity contribution in [2.75, 3.05) is 6.26 Å². The second-order valence-electron chi connectivity index (χ2n) is 5.87. The lowest BCUT2D eigenvalue weighted by Gasteiger charge is -2.15. The van der Waals surface area contributed by atoms with Crippen LogP contribution in [0.25, 0.3) is 11.3 Å². The highest BCUT2D eigenvalue weighted by molar-refractivity contribution is 7.99. The second kappa shape index (κ2) is 6.99. The molecule has 4 rings (SSSR count). The molecule has 0 fully saturated rings.